The van der Waals surface area contributed by atoms with E-state index in [0.717, 1.165) is 30.5 Å². The van der Waals surface area contributed by atoms with Crippen LogP contribution in [0.25, 0.3) is 0 Å². The lowest BCUT2D eigenvalue weighted by atomic mass is 10.2. The fraction of sp³-hybridized carbons (Fsp3) is 0.545. The Hall–Kier alpha value is -1.09. The number of pyridine rings is 1. The van der Waals surface area contributed by atoms with Crippen LogP contribution in [0.5, 0.6) is 0 Å². The van der Waals surface area contributed by atoms with Crippen LogP contribution in [-0.4, -0.2) is 23.2 Å². The van der Waals surface area contributed by atoms with Gasteiger partial charge < -0.3 is 10.0 Å². The lowest BCUT2D eigenvalue weighted by Gasteiger charge is -2.17. The van der Waals surface area contributed by atoms with Crippen molar-refractivity contribution in [1.82, 2.24) is 4.98 Å². The Bertz CT molecular complexity index is 314. The van der Waals surface area contributed by atoms with Crippen LogP contribution in [-0.2, 0) is 6.61 Å². The van der Waals surface area contributed by atoms with Gasteiger partial charge in [-0.1, -0.05) is 13.0 Å². The second-order valence-electron chi connectivity index (χ2n) is 3.99. The molecule has 76 valence electrons. The SMILES string of the molecule is CC1CCN(c2cccc(CO)n2)C1. The minimum atomic E-state index is 0.0250. The zero-order valence-corrected chi connectivity index (χ0v) is 8.48. The standard InChI is InChI=1S/C11H16N2O/c1-9-5-6-13(7-9)11-4-2-3-10(8-14)12-11/h2-4,9,14H,5-8H2,1H3. The van der Waals surface area contributed by atoms with Gasteiger partial charge in [-0.05, 0) is 24.5 Å². The molecule has 0 aromatic carbocycles. The van der Waals surface area contributed by atoms with Gasteiger partial charge in [0.25, 0.3) is 0 Å². The van der Waals surface area contributed by atoms with Crippen molar-refractivity contribution in [3.05, 3.63) is 23.9 Å². The number of aliphatic hydroxyl groups excluding tert-OH is 1. The first-order valence-electron chi connectivity index (χ1n) is 5.11. The van der Waals surface area contributed by atoms with Crippen LogP contribution < -0.4 is 4.90 Å². The summed E-state index contributed by atoms with van der Waals surface area (Å²) in [4.78, 5) is 6.67. The first-order valence-corrected chi connectivity index (χ1v) is 5.11. The van der Waals surface area contributed by atoms with Crippen molar-refractivity contribution in [2.45, 2.75) is 20.0 Å². The van der Waals surface area contributed by atoms with Crippen LogP contribution in [0.15, 0.2) is 18.2 Å². The smallest absolute Gasteiger partial charge is 0.128 e. The van der Waals surface area contributed by atoms with Gasteiger partial charge in [0.1, 0.15) is 5.82 Å². The average Bonchev–Trinajstić information content (AvgIpc) is 2.65. The minimum absolute atomic E-state index is 0.0250. The molecule has 1 aromatic rings. The number of hydrogen-bond donors (Lipinski definition) is 1. The van der Waals surface area contributed by atoms with Gasteiger partial charge in [0, 0.05) is 13.1 Å². The summed E-state index contributed by atoms with van der Waals surface area (Å²) in [5.41, 5.74) is 0.752. The Morgan fingerprint density at radius 3 is 3.07 bits per heavy atom. The quantitative estimate of drug-likeness (QED) is 0.770. The molecule has 3 heteroatoms. The van der Waals surface area contributed by atoms with Crippen molar-refractivity contribution in [3.8, 4) is 0 Å². The molecule has 0 bridgehead atoms. The third-order valence-electron chi connectivity index (χ3n) is 2.70. The zero-order valence-electron chi connectivity index (χ0n) is 8.48. The summed E-state index contributed by atoms with van der Waals surface area (Å²) in [6.07, 6.45) is 1.24. The molecule has 1 unspecified atom stereocenters. The molecule has 14 heavy (non-hydrogen) atoms. The lowest BCUT2D eigenvalue weighted by molar-refractivity contribution is 0.277. The number of anilines is 1. The summed E-state index contributed by atoms with van der Waals surface area (Å²) in [5, 5.41) is 8.98. The predicted octanol–water partition coefficient (Wildman–Crippen LogP) is 1.42. The minimum Gasteiger partial charge on any atom is -0.390 e. The summed E-state index contributed by atoms with van der Waals surface area (Å²) >= 11 is 0. The molecule has 1 saturated heterocycles. The van der Waals surface area contributed by atoms with Crippen molar-refractivity contribution in [2.24, 2.45) is 5.92 Å². The third-order valence-corrected chi connectivity index (χ3v) is 2.70. The molecule has 1 N–H and O–H groups in total. The van der Waals surface area contributed by atoms with Crippen LogP contribution in [0.1, 0.15) is 19.0 Å². The van der Waals surface area contributed by atoms with Gasteiger partial charge >= 0.3 is 0 Å². The van der Waals surface area contributed by atoms with E-state index in [0.29, 0.717) is 0 Å². The number of aromatic nitrogens is 1. The van der Waals surface area contributed by atoms with E-state index in [4.69, 9.17) is 5.11 Å². The molecule has 1 fully saturated rings. The van der Waals surface area contributed by atoms with Crippen LogP contribution in [0.4, 0.5) is 5.82 Å². The highest BCUT2D eigenvalue weighted by atomic mass is 16.3. The topological polar surface area (TPSA) is 36.4 Å². The van der Waals surface area contributed by atoms with Gasteiger partial charge in [0.2, 0.25) is 0 Å². The molecule has 0 aliphatic carbocycles. The maximum absolute atomic E-state index is 8.98. The highest BCUT2D eigenvalue weighted by molar-refractivity contribution is 5.40. The van der Waals surface area contributed by atoms with Crippen molar-refractivity contribution >= 4 is 5.82 Å². The molecule has 1 aliphatic rings. The molecule has 2 heterocycles. The van der Waals surface area contributed by atoms with E-state index < -0.39 is 0 Å². The summed E-state index contributed by atoms with van der Waals surface area (Å²) in [6.45, 7) is 4.46. The highest BCUT2D eigenvalue weighted by Gasteiger charge is 2.19. The van der Waals surface area contributed by atoms with Crippen molar-refractivity contribution < 1.29 is 5.11 Å². The van der Waals surface area contributed by atoms with Crippen LogP contribution in [0, 0.1) is 5.92 Å². The Balaban J connectivity index is 2.15. The first kappa shape index (κ1) is 9.46. The van der Waals surface area contributed by atoms with Crippen LogP contribution in [0.3, 0.4) is 0 Å². The van der Waals surface area contributed by atoms with E-state index in [9.17, 15) is 0 Å². The number of rotatable bonds is 2. The van der Waals surface area contributed by atoms with E-state index in [-0.39, 0.29) is 6.61 Å². The zero-order chi connectivity index (χ0) is 9.97. The van der Waals surface area contributed by atoms with Crippen molar-refractivity contribution in [2.75, 3.05) is 18.0 Å². The second kappa shape index (κ2) is 3.96. The average molecular weight is 192 g/mol. The van der Waals surface area contributed by atoms with Gasteiger partial charge in [-0.2, -0.15) is 0 Å². The normalized spacial score (nSPS) is 21.6. The molecular formula is C11H16N2O. The largest absolute Gasteiger partial charge is 0.390 e. The van der Waals surface area contributed by atoms with Gasteiger partial charge in [0.15, 0.2) is 0 Å². The van der Waals surface area contributed by atoms with Crippen molar-refractivity contribution in [1.29, 1.82) is 0 Å². The number of hydrogen-bond acceptors (Lipinski definition) is 3. The lowest BCUT2D eigenvalue weighted by Crippen LogP contribution is -2.20. The van der Waals surface area contributed by atoms with E-state index >= 15 is 0 Å². The fourth-order valence-electron chi connectivity index (χ4n) is 1.87. The van der Waals surface area contributed by atoms with Crippen LogP contribution >= 0.6 is 0 Å². The van der Waals surface area contributed by atoms with E-state index in [1.807, 2.05) is 18.2 Å². The van der Waals surface area contributed by atoms with Crippen LogP contribution in [0.2, 0.25) is 0 Å². The molecule has 1 atom stereocenters. The molecule has 1 aliphatic heterocycles. The molecule has 1 aromatic heterocycles. The van der Waals surface area contributed by atoms with E-state index in [2.05, 4.69) is 16.8 Å². The monoisotopic (exact) mass is 192 g/mol. The maximum atomic E-state index is 8.98. The summed E-state index contributed by atoms with van der Waals surface area (Å²) in [5.74, 6) is 1.76. The van der Waals surface area contributed by atoms with Gasteiger partial charge in [-0.15, -0.1) is 0 Å². The molecule has 0 spiro atoms. The van der Waals surface area contributed by atoms with E-state index in [1.165, 1.54) is 6.42 Å². The summed E-state index contributed by atoms with van der Waals surface area (Å²) in [6, 6.07) is 5.82. The number of nitrogens with zero attached hydrogens (tertiary/aromatic N) is 2. The fourth-order valence-corrected chi connectivity index (χ4v) is 1.87. The van der Waals surface area contributed by atoms with E-state index in [1.54, 1.807) is 0 Å². The van der Waals surface area contributed by atoms with Gasteiger partial charge in [-0.3, -0.25) is 0 Å². The summed E-state index contributed by atoms with van der Waals surface area (Å²) in [7, 11) is 0. The first-order chi connectivity index (χ1) is 6.79. The Morgan fingerprint density at radius 2 is 2.43 bits per heavy atom. The molecule has 3 nitrogen and oxygen atoms in total. The maximum Gasteiger partial charge on any atom is 0.128 e. The van der Waals surface area contributed by atoms with Crippen molar-refractivity contribution in [3.63, 3.8) is 0 Å². The molecule has 0 radical (unpaired) electrons. The van der Waals surface area contributed by atoms with Gasteiger partial charge in [-0.25, -0.2) is 4.98 Å². The molecule has 0 amide bonds. The molecule has 0 saturated carbocycles. The van der Waals surface area contributed by atoms with Gasteiger partial charge in [0.05, 0.1) is 12.3 Å². The Kier molecular flexibility index (Phi) is 2.68. The predicted molar refractivity (Wildman–Crippen MR) is 56.2 cm³/mol. The Labute approximate surface area is 84.4 Å². The number of aliphatic hydroxyl groups is 1. The third kappa shape index (κ3) is 1.87. The highest BCUT2D eigenvalue weighted by Crippen LogP contribution is 2.21. The Morgan fingerprint density at radius 1 is 1.57 bits per heavy atom. The molecular weight excluding hydrogens is 176 g/mol. The summed E-state index contributed by atoms with van der Waals surface area (Å²) < 4.78 is 0. The second-order valence-corrected chi connectivity index (χ2v) is 3.99. The molecule has 2 rings (SSSR count).